The van der Waals surface area contributed by atoms with Gasteiger partial charge in [0.15, 0.2) is 0 Å². The Labute approximate surface area is 157 Å². The number of nitrogens with zero attached hydrogens (tertiary/aromatic N) is 2. The van der Waals surface area contributed by atoms with Gasteiger partial charge < -0.3 is 4.90 Å². The van der Waals surface area contributed by atoms with E-state index in [1.54, 1.807) is 0 Å². The Kier molecular flexibility index (Phi) is 3.88. The number of benzene rings is 2. The molecule has 1 unspecified atom stereocenters. The molecule has 1 aromatic heterocycles. The van der Waals surface area contributed by atoms with Gasteiger partial charge in [0.25, 0.3) is 5.91 Å². The zero-order valence-corrected chi connectivity index (χ0v) is 15.7. The van der Waals surface area contributed by atoms with Crippen LogP contribution in [-0.4, -0.2) is 26.5 Å². The molecule has 2 heterocycles. The van der Waals surface area contributed by atoms with Gasteiger partial charge >= 0.3 is 0 Å². The predicted molar refractivity (Wildman–Crippen MR) is 103 cm³/mol. The predicted octanol–water partition coefficient (Wildman–Crippen LogP) is 5.07. The average molecular weight is 366 g/mol. The fourth-order valence-corrected chi connectivity index (χ4v) is 3.74. The molecule has 2 aromatic carbocycles. The Morgan fingerprint density at radius 3 is 2.31 bits per heavy atom. The van der Waals surface area contributed by atoms with Crippen LogP contribution >= 0.6 is 11.6 Å². The second kappa shape index (κ2) is 5.99. The van der Waals surface area contributed by atoms with Crippen LogP contribution in [0.25, 0.3) is 11.3 Å². The van der Waals surface area contributed by atoms with E-state index < -0.39 is 0 Å². The molecule has 1 N–H and O–H groups in total. The summed E-state index contributed by atoms with van der Waals surface area (Å²) in [6.07, 6.45) is 0. The minimum atomic E-state index is -0.325. The Morgan fingerprint density at radius 2 is 1.69 bits per heavy atom. The van der Waals surface area contributed by atoms with Crippen LogP contribution < -0.4 is 0 Å². The summed E-state index contributed by atoms with van der Waals surface area (Å²) in [6, 6.07) is 17.5. The van der Waals surface area contributed by atoms with E-state index in [9.17, 15) is 4.79 Å². The molecule has 0 aliphatic carbocycles. The summed E-state index contributed by atoms with van der Waals surface area (Å²) in [6.45, 7) is 6.17. The number of hydrogen-bond acceptors (Lipinski definition) is 2. The first-order chi connectivity index (χ1) is 12.4. The van der Waals surface area contributed by atoms with Crippen molar-refractivity contribution in [3.63, 3.8) is 0 Å². The van der Waals surface area contributed by atoms with Gasteiger partial charge in [0.05, 0.1) is 11.7 Å². The van der Waals surface area contributed by atoms with E-state index in [4.69, 9.17) is 11.6 Å². The summed E-state index contributed by atoms with van der Waals surface area (Å²) < 4.78 is 0. The third-order valence-corrected chi connectivity index (χ3v) is 4.98. The molecule has 1 aliphatic heterocycles. The van der Waals surface area contributed by atoms with Gasteiger partial charge in [0.2, 0.25) is 0 Å². The first-order valence-electron chi connectivity index (χ1n) is 8.61. The maximum absolute atomic E-state index is 13.2. The number of rotatable bonds is 2. The molecule has 4 nitrogen and oxygen atoms in total. The molecule has 1 atom stereocenters. The molecule has 4 rings (SSSR count). The lowest BCUT2D eigenvalue weighted by molar-refractivity contribution is 0.0546. The highest BCUT2D eigenvalue weighted by Gasteiger charge is 2.46. The van der Waals surface area contributed by atoms with Crippen molar-refractivity contribution in [2.45, 2.75) is 32.4 Å². The van der Waals surface area contributed by atoms with Crippen LogP contribution in [0.5, 0.6) is 0 Å². The van der Waals surface area contributed by atoms with E-state index in [-0.39, 0.29) is 17.5 Å². The largest absolute Gasteiger partial charge is 0.321 e. The Hall–Kier alpha value is -2.59. The van der Waals surface area contributed by atoms with Crippen LogP contribution in [-0.2, 0) is 0 Å². The third-order valence-electron chi connectivity index (χ3n) is 4.72. The fourth-order valence-electron chi connectivity index (χ4n) is 3.62. The summed E-state index contributed by atoms with van der Waals surface area (Å²) in [7, 11) is 0. The van der Waals surface area contributed by atoms with Crippen LogP contribution in [0, 0.1) is 0 Å². The van der Waals surface area contributed by atoms with E-state index in [0.29, 0.717) is 10.7 Å². The topological polar surface area (TPSA) is 49.0 Å². The SMILES string of the molecule is CC(C)(C)N1C(=O)c2[nH]nc(-c3ccc(Cl)cc3)c2C1c1ccccc1. The van der Waals surface area contributed by atoms with E-state index >= 15 is 0 Å². The van der Waals surface area contributed by atoms with E-state index in [2.05, 4.69) is 43.1 Å². The fraction of sp³-hybridized carbons (Fsp3) is 0.238. The number of fused-ring (bicyclic) bond motifs is 1. The lowest BCUT2D eigenvalue weighted by Gasteiger charge is -2.37. The Balaban J connectivity index is 1.93. The van der Waals surface area contributed by atoms with Crippen molar-refractivity contribution in [3.05, 3.63) is 76.4 Å². The van der Waals surface area contributed by atoms with Crippen LogP contribution in [0.3, 0.4) is 0 Å². The minimum Gasteiger partial charge on any atom is -0.321 e. The average Bonchev–Trinajstić information content (AvgIpc) is 3.15. The van der Waals surface area contributed by atoms with Gasteiger partial charge in [0.1, 0.15) is 5.69 Å². The zero-order valence-electron chi connectivity index (χ0n) is 15.0. The number of aromatic amines is 1. The number of carbonyl (C=O) groups excluding carboxylic acids is 1. The molecule has 132 valence electrons. The third kappa shape index (κ3) is 2.61. The molecular weight excluding hydrogens is 346 g/mol. The first-order valence-corrected chi connectivity index (χ1v) is 8.98. The highest BCUT2D eigenvalue weighted by molar-refractivity contribution is 6.30. The molecule has 1 amide bonds. The van der Waals surface area contributed by atoms with Gasteiger partial charge in [-0.25, -0.2) is 0 Å². The molecule has 0 radical (unpaired) electrons. The van der Waals surface area contributed by atoms with Crippen LogP contribution in [0.2, 0.25) is 5.02 Å². The minimum absolute atomic E-state index is 0.0194. The number of hydrogen-bond donors (Lipinski definition) is 1. The zero-order chi connectivity index (χ0) is 18.5. The van der Waals surface area contributed by atoms with Crippen molar-refractivity contribution in [2.75, 3.05) is 0 Å². The molecular formula is C21H20ClN3O. The standard InChI is InChI=1S/C21H20ClN3O/c1-21(2,3)25-19(14-7-5-4-6-8-14)16-17(23-24-18(16)20(25)26)13-9-11-15(22)12-10-13/h4-12,19H,1-3H3,(H,23,24). The van der Waals surface area contributed by atoms with Crippen LogP contribution in [0.15, 0.2) is 54.6 Å². The summed E-state index contributed by atoms with van der Waals surface area (Å²) in [5.41, 5.74) is 3.99. The number of amides is 1. The van der Waals surface area contributed by atoms with E-state index in [1.165, 1.54) is 0 Å². The molecule has 26 heavy (non-hydrogen) atoms. The maximum Gasteiger partial charge on any atom is 0.273 e. The van der Waals surface area contributed by atoms with Crippen molar-refractivity contribution >= 4 is 17.5 Å². The molecule has 0 saturated heterocycles. The second-order valence-corrected chi connectivity index (χ2v) is 7.96. The first kappa shape index (κ1) is 16.9. The van der Waals surface area contributed by atoms with Crippen molar-refractivity contribution in [2.24, 2.45) is 0 Å². The number of H-pyrrole nitrogens is 1. The monoisotopic (exact) mass is 365 g/mol. The van der Waals surface area contributed by atoms with Gasteiger partial charge in [-0.15, -0.1) is 0 Å². The number of halogens is 1. The smallest absolute Gasteiger partial charge is 0.273 e. The number of nitrogens with one attached hydrogen (secondary N) is 1. The second-order valence-electron chi connectivity index (χ2n) is 7.53. The van der Waals surface area contributed by atoms with Gasteiger partial charge in [-0.1, -0.05) is 54.1 Å². The molecule has 0 fully saturated rings. The molecule has 0 bridgehead atoms. The Bertz CT molecular complexity index is 955. The maximum atomic E-state index is 13.2. The van der Waals surface area contributed by atoms with Crippen molar-refractivity contribution < 1.29 is 4.79 Å². The van der Waals surface area contributed by atoms with Gasteiger partial charge in [0, 0.05) is 21.7 Å². The van der Waals surface area contributed by atoms with Crippen molar-refractivity contribution in [1.82, 2.24) is 15.1 Å². The van der Waals surface area contributed by atoms with Gasteiger partial charge in [-0.05, 0) is 38.5 Å². The van der Waals surface area contributed by atoms with Gasteiger partial charge in [-0.3, -0.25) is 9.89 Å². The number of carbonyl (C=O) groups is 1. The molecule has 1 aliphatic rings. The summed E-state index contributed by atoms with van der Waals surface area (Å²) in [5.74, 6) is -0.0194. The van der Waals surface area contributed by atoms with E-state index in [1.807, 2.05) is 47.4 Å². The summed E-state index contributed by atoms with van der Waals surface area (Å²) in [4.78, 5) is 15.1. The Morgan fingerprint density at radius 1 is 1.04 bits per heavy atom. The quantitative estimate of drug-likeness (QED) is 0.688. The van der Waals surface area contributed by atoms with Crippen LogP contribution in [0.1, 0.15) is 48.4 Å². The van der Waals surface area contributed by atoms with Crippen molar-refractivity contribution in [3.8, 4) is 11.3 Å². The lowest BCUT2D eigenvalue weighted by atomic mass is 9.94. The molecule has 5 heteroatoms. The lowest BCUT2D eigenvalue weighted by Crippen LogP contribution is -2.44. The van der Waals surface area contributed by atoms with Crippen LogP contribution in [0.4, 0.5) is 0 Å². The molecule has 0 spiro atoms. The van der Waals surface area contributed by atoms with E-state index in [0.717, 1.165) is 22.4 Å². The summed E-state index contributed by atoms with van der Waals surface area (Å²) >= 11 is 6.03. The van der Waals surface area contributed by atoms with Gasteiger partial charge in [-0.2, -0.15) is 5.10 Å². The van der Waals surface area contributed by atoms with Crippen molar-refractivity contribution in [1.29, 1.82) is 0 Å². The highest BCUT2D eigenvalue weighted by Crippen LogP contribution is 2.45. The molecule has 3 aromatic rings. The normalized spacial score (nSPS) is 16.8. The summed E-state index contributed by atoms with van der Waals surface area (Å²) in [5, 5.41) is 8.12. The molecule has 0 saturated carbocycles. The number of aromatic nitrogens is 2. The highest BCUT2D eigenvalue weighted by atomic mass is 35.5.